The van der Waals surface area contributed by atoms with Gasteiger partial charge >= 0.3 is 0 Å². The van der Waals surface area contributed by atoms with Gasteiger partial charge in [0.05, 0.1) is 18.0 Å². The minimum absolute atomic E-state index is 0.186. The smallest absolute Gasteiger partial charge is 0.273 e. The summed E-state index contributed by atoms with van der Waals surface area (Å²) < 4.78 is 6.99. The van der Waals surface area contributed by atoms with Gasteiger partial charge < -0.3 is 15.0 Å². The maximum atomic E-state index is 11.8. The first-order valence-corrected chi connectivity index (χ1v) is 5.82. The van der Waals surface area contributed by atoms with Crippen molar-refractivity contribution in [1.29, 1.82) is 0 Å². The molecule has 0 spiro atoms. The third kappa shape index (κ3) is 2.22. The lowest BCUT2D eigenvalue weighted by Crippen LogP contribution is -2.21. The van der Waals surface area contributed by atoms with E-state index in [4.69, 9.17) is 10.5 Å². The van der Waals surface area contributed by atoms with Crippen LogP contribution in [0.5, 0.6) is 5.75 Å². The van der Waals surface area contributed by atoms with Crippen LogP contribution in [0, 0.1) is 0 Å². The van der Waals surface area contributed by atoms with Gasteiger partial charge in [-0.1, -0.05) is 12.1 Å². The number of nitrogens with zero attached hydrogens (tertiary/aromatic N) is 1. The van der Waals surface area contributed by atoms with Crippen molar-refractivity contribution in [3.05, 3.63) is 46.8 Å². The molecule has 4 heteroatoms. The molecule has 2 aromatic rings. The van der Waals surface area contributed by atoms with Gasteiger partial charge in [-0.3, -0.25) is 4.79 Å². The number of nitrogens with two attached hydrogens (primary N) is 1. The van der Waals surface area contributed by atoms with E-state index in [-0.39, 0.29) is 11.2 Å². The average Bonchev–Trinajstić information content (AvgIpc) is 2.37. The largest absolute Gasteiger partial charge is 0.494 e. The van der Waals surface area contributed by atoms with Gasteiger partial charge in [0.25, 0.3) is 5.56 Å². The van der Waals surface area contributed by atoms with Crippen LogP contribution in [0.2, 0.25) is 0 Å². The highest BCUT2D eigenvalue weighted by Gasteiger charge is 2.06. The molecule has 18 heavy (non-hydrogen) atoms. The zero-order valence-electron chi connectivity index (χ0n) is 10.5. The molecule has 1 aromatic heterocycles. The van der Waals surface area contributed by atoms with Crippen molar-refractivity contribution in [2.24, 2.45) is 7.05 Å². The number of ether oxygens (including phenoxy) is 1. The first-order chi connectivity index (χ1) is 8.63. The Morgan fingerprint density at radius 3 is 2.78 bits per heavy atom. The van der Waals surface area contributed by atoms with E-state index < -0.39 is 0 Å². The second-order valence-corrected chi connectivity index (χ2v) is 4.00. The molecule has 0 atom stereocenters. The van der Waals surface area contributed by atoms with Crippen molar-refractivity contribution in [2.75, 3.05) is 12.3 Å². The first-order valence-electron chi connectivity index (χ1n) is 5.82. The summed E-state index contributed by atoms with van der Waals surface area (Å²) in [6.45, 7) is 2.55. The van der Waals surface area contributed by atoms with Crippen LogP contribution in [0.15, 0.2) is 41.2 Å². The molecule has 0 saturated heterocycles. The monoisotopic (exact) mass is 244 g/mol. The summed E-state index contributed by atoms with van der Waals surface area (Å²) in [6.07, 6.45) is 0. The van der Waals surface area contributed by atoms with Gasteiger partial charge in [-0.25, -0.2) is 0 Å². The SMILES string of the molecule is CCOc1cccc(-c2ccc(N)c(=O)n2C)c1. The Hall–Kier alpha value is -2.23. The normalized spacial score (nSPS) is 10.3. The van der Waals surface area contributed by atoms with Crippen LogP contribution in [-0.4, -0.2) is 11.2 Å². The Kier molecular flexibility index (Phi) is 3.37. The summed E-state index contributed by atoms with van der Waals surface area (Å²) in [5, 5.41) is 0. The Morgan fingerprint density at radius 2 is 2.06 bits per heavy atom. The summed E-state index contributed by atoms with van der Waals surface area (Å²) in [5.41, 5.74) is 7.40. The van der Waals surface area contributed by atoms with Crippen molar-refractivity contribution in [3.8, 4) is 17.0 Å². The summed E-state index contributed by atoms with van der Waals surface area (Å²) >= 11 is 0. The van der Waals surface area contributed by atoms with Crippen LogP contribution in [0.3, 0.4) is 0 Å². The molecule has 1 heterocycles. The molecular weight excluding hydrogens is 228 g/mol. The predicted molar refractivity (Wildman–Crippen MR) is 72.7 cm³/mol. The van der Waals surface area contributed by atoms with Crippen LogP contribution in [0.4, 0.5) is 5.69 Å². The van der Waals surface area contributed by atoms with Gasteiger partial charge in [-0.05, 0) is 31.2 Å². The van der Waals surface area contributed by atoms with E-state index in [0.29, 0.717) is 6.61 Å². The predicted octanol–water partition coefficient (Wildman–Crippen LogP) is 2.03. The maximum absolute atomic E-state index is 11.8. The average molecular weight is 244 g/mol. The van der Waals surface area contributed by atoms with Crippen LogP contribution in [0.1, 0.15) is 6.92 Å². The summed E-state index contributed by atoms with van der Waals surface area (Å²) in [4.78, 5) is 11.8. The number of pyridine rings is 1. The molecular formula is C14H16N2O2. The van der Waals surface area contributed by atoms with E-state index in [0.717, 1.165) is 17.0 Å². The van der Waals surface area contributed by atoms with Gasteiger partial charge in [0, 0.05) is 12.6 Å². The lowest BCUT2D eigenvalue weighted by atomic mass is 10.1. The Labute approximate surface area is 106 Å². The van der Waals surface area contributed by atoms with Crippen molar-refractivity contribution in [1.82, 2.24) is 4.57 Å². The molecule has 2 rings (SSSR count). The number of anilines is 1. The zero-order valence-corrected chi connectivity index (χ0v) is 10.5. The third-order valence-electron chi connectivity index (χ3n) is 2.77. The van der Waals surface area contributed by atoms with Gasteiger partial charge in [0.2, 0.25) is 0 Å². The molecule has 4 nitrogen and oxygen atoms in total. The summed E-state index contributed by atoms with van der Waals surface area (Å²) in [7, 11) is 1.71. The first kappa shape index (κ1) is 12.2. The fourth-order valence-corrected chi connectivity index (χ4v) is 1.86. The number of hydrogen-bond donors (Lipinski definition) is 1. The van der Waals surface area contributed by atoms with Crippen LogP contribution in [0.25, 0.3) is 11.3 Å². The van der Waals surface area contributed by atoms with Crippen molar-refractivity contribution in [3.63, 3.8) is 0 Å². The molecule has 1 aromatic carbocycles. The molecule has 0 bridgehead atoms. The van der Waals surface area contributed by atoms with E-state index in [1.54, 1.807) is 17.7 Å². The molecule has 0 aliphatic rings. The van der Waals surface area contributed by atoms with Gasteiger partial charge in [-0.15, -0.1) is 0 Å². The Morgan fingerprint density at radius 1 is 1.28 bits per heavy atom. The van der Waals surface area contributed by atoms with E-state index in [9.17, 15) is 4.79 Å². The molecule has 2 N–H and O–H groups in total. The van der Waals surface area contributed by atoms with Crippen LogP contribution < -0.4 is 16.0 Å². The minimum Gasteiger partial charge on any atom is -0.494 e. The standard InChI is InChI=1S/C14H16N2O2/c1-3-18-11-6-4-5-10(9-11)13-8-7-12(15)14(17)16(13)2/h4-9H,3,15H2,1-2H3. The summed E-state index contributed by atoms with van der Waals surface area (Å²) in [5.74, 6) is 0.791. The molecule has 0 aliphatic carbocycles. The lowest BCUT2D eigenvalue weighted by Gasteiger charge is -2.10. The molecule has 94 valence electrons. The minimum atomic E-state index is -0.186. The van der Waals surface area contributed by atoms with Gasteiger partial charge in [-0.2, -0.15) is 0 Å². The lowest BCUT2D eigenvalue weighted by molar-refractivity contribution is 0.340. The molecule has 0 amide bonds. The quantitative estimate of drug-likeness (QED) is 0.898. The molecule has 0 unspecified atom stereocenters. The Balaban J connectivity index is 2.52. The molecule has 0 saturated carbocycles. The van der Waals surface area contributed by atoms with Crippen molar-refractivity contribution >= 4 is 5.69 Å². The third-order valence-corrected chi connectivity index (χ3v) is 2.77. The number of rotatable bonds is 3. The van der Waals surface area contributed by atoms with E-state index in [2.05, 4.69) is 0 Å². The van der Waals surface area contributed by atoms with Crippen molar-refractivity contribution in [2.45, 2.75) is 6.92 Å². The second-order valence-electron chi connectivity index (χ2n) is 4.00. The topological polar surface area (TPSA) is 57.2 Å². The number of nitrogen functional groups attached to an aromatic ring is 1. The Bertz CT molecular complexity index is 617. The molecule has 0 aliphatic heterocycles. The number of benzene rings is 1. The highest BCUT2D eigenvalue weighted by molar-refractivity contribution is 5.63. The van der Waals surface area contributed by atoms with E-state index in [1.807, 2.05) is 37.3 Å². The fourth-order valence-electron chi connectivity index (χ4n) is 1.86. The zero-order chi connectivity index (χ0) is 13.1. The maximum Gasteiger partial charge on any atom is 0.273 e. The fraction of sp³-hybridized carbons (Fsp3) is 0.214. The van der Waals surface area contributed by atoms with Gasteiger partial charge in [0.15, 0.2) is 0 Å². The highest BCUT2D eigenvalue weighted by Crippen LogP contribution is 2.23. The van der Waals surface area contributed by atoms with Crippen molar-refractivity contribution < 1.29 is 4.74 Å². The highest BCUT2D eigenvalue weighted by atomic mass is 16.5. The van der Waals surface area contributed by atoms with Crippen LogP contribution in [-0.2, 0) is 7.05 Å². The molecule has 0 fully saturated rings. The number of hydrogen-bond acceptors (Lipinski definition) is 3. The molecule has 0 radical (unpaired) electrons. The number of aromatic nitrogens is 1. The van der Waals surface area contributed by atoms with E-state index >= 15 is 0 Å². The summed E-state index contributed by atoms with van der Waals surface area (Å²) in [6, 6.07) is 11.1. The second kappa shape index (κ2) is 4.96. The van der Waals surface area contributed by atoms with Crippen LogP contribution >= 0.6 is 0 Å². The van der Waals surface area contributed by atoms with Gasteiger partial charge in [0.1, 0.15) is 5.75 Å². The van der Waals surface area contributed by atoms with E-state index in [1.165, 1.54) is 0 Å².